The van der Waals surface area contributed by atoms with E-state index >= 15 is 0 Å². The first-order chi connectivity index (χ1) is 14.0. The molecule has 3 N–H and O–H groups in total. The molecule has 3 rings (SSSR count). The lowest BCUT2D eigenvalue weighted by atomic mass is 10.2. The second kappa shape index (κ2) is 9.24. The second-order valence-corrected chi connectivity index (χ2v) is 6.93. The van der Waals surface area contributed by atoms with E-state index in [1.165, 1.54) is 18.7 Å². The number of benzene rings is 1. The fraction of sp³-hybridized carbons (Fsp3) is 0.278. The maximum atomic E-state index is 12.1. The van der Waals surface area contributed by atoms with Crippen LogP contribution in [-0.2, 0) is 14.3 Å². The van der Waals surface area contributed by atoms with Gasteiger partial charge in [-0.15, -0.1) is 10.2 Å². The maximum Gasteiger partial charge on any atom is 0.337 e. The molecule has 11 heteroatoms. The van der Waals surface area contributed by atoms with E-state index in [1.807, 2.05) is 12.1 Å². The van der Waals surface area contributed by atoms with Gasteiger partial charge >= 0.3 is 12.0 Å². The monoisotopic (exact) mass is 416 g/mol. The number of anilines is 1. The van der Waals surface area contributed by atoms with Gasteiger partial charge in [-0.1, -0.05) is 17.8 Å². The van der Waals surface area contributed by atoms with E-state index < -0.39 is 5.97 Å². The summed E-state index contributed by atoms with van der Waals surface area (Å²) in [4.78, 5) is 35.1. The zero-order chi connectivity index (χ0) is 20.8. The number of nitrogens with zero attached hydrogens (tertiary/aromatic N) is 3. The Balaban J connectivity index is 1.80. The first kappa shape index (κ1) is 20.4. The predicted octanol–water partition coefficient (Wildman–Crippen LogP) is 1.45. The molecular formula is C18H20N6O4S. The van der Waals surface area contributed by atoms with Gasteiger partial charge in [0.15, 0.2) is 5.16 Å². The number of amides is 3. The van der Waals surface area contributed by atoms with Crippen molar-refractivity contribution in [2.75, 3.05) is 24.2 Å². The molecule has 0 saturated heterocycles. The van der Waals surface area contributed by atoms with Crippen molar-refractivity contribution in [3.8, 4) is 5.69 Å². The molecule has 0 aliphatic carbocycles. The van der Waals surface area contributed by atoms with Crippen LogP contribution in [0.5, 0.6) is 0 Å². The van der Waals surface area contributed by atoms with E-state index in [1.54, 1.807) is 30.0 Å². The summed E-state index contributed by atoms with van der Waals surface area (Å²) >= 11 is 1.31. The Bertz CT molecular complexity index is 971. The molecular weight excluding hydrogens is 396 g/mol. The molecule has 2 heterocycles. The Morgan fingerprint density at radius 3 is 2.97 bits per heavy atom. The third kappa shape index (κ3) is 5.13. The molecule has 0 unspecified atom stereocenters. The van der Waals surface area contributed by atoms with E-state index in [-0.39, 0.29) is 25.1 Å². The molecule has 10 nitrogen and oxygen atoms in total. The van der Waals surface area contributed by atoms with Crippen LogP contribution in [0.4, 0.5) is 10.5 Å². The molecule has 0 spiro atoms. The topological polar surface area (TPSA) is 127 Å². The number of thioether (sulfide) groups is 1. The van der Waals surface area contributed by atoms with Gasteiger partial charge in [-0.3, -0.25) is 9.36 Å². The molecule has 1 aliphatic heterocycles. The summed E-state index contributed by atoms with van der Waals surface area (Å²) in [7, 11) is 0. The van der Waals surface area contributed by atoms with Gasteiger partial charge in [-0.25, -0.2) is 9.59 Å². The zero-order valence-corrected chi connectivity index (χ0v) is 16.7. The Kier molecular flexibility index (Phi) is 6.50. The minimum Gasteiger partial charge on any atom is -0.463 e. The van der Waals surface area contributed by atoms with Gasteiger partial charge < -0.3 is 20.7 Å². The number of hydrogen-bond acceptors (Lipinski definition) is 7. The maximum absolute atomic E-state index is 12.1. The molecule has 0 radical (unpaired) electrons. The van der Waals surface area contributed by atoms with Crippen LogP contribution in [0.25, 0.3) is 5.69 Å². The molecule has 0 saturated carbocycles. The van der Waals surface area contributed by atoms with Crippen molar-refractivity contribution in [1.29, 1.82) is 0 Å². The van der Waals surface area contributed by atoms with Crippen LogP contribution in [0, 0.1) is 0 Å². The van der Waals surface area contributed by atoms with Crippen molar-refractivity contribution in [3.63, 3.8) is 0 Å². The van der Waals surface area contributed by atoms with E-state index in [0.717, 1.165) is 5.69 Å². The third-order valence-electron chi connectivity index (χ3n) is 3.88. The van der Waals surface area contributed by atoms with Crippen LogP contribution in [0.2, 0.25) is 0 Å². The lowest BCUT2D eigenvalue weighted by Crippen LogP contribution is -2.44. The summed E-state index contributed by atoms with van der Waals surface area (Å²) in [6.07, 6.45) is 1.55. The number of rotatable bonds is 7. The summed E-state index contributed by atoms with van der Waals surface area (Å²) in [6.45, 7) is 3.51. The van der Waals surface area contributed by atoms with Crippen LogP contribution in [0.1, 0.15) is 13.8 Å². The number of esters is 1. The number of hydrogen-bond donors (Lipinski definition) is 3. The van der Waals surface area contributed by atoms with E-state index in [2.05, 4.69) is 26.1 Å². The minimum absolute atomic E-state index is 0.103. The van der Waals surface area contributed by atoms with Gasteiger partial charge in [0.1, 0.15) is 6.33 Å². The van der Waals surface area contributed by atoms with Crippen molar-refractivity contribution in [2.24, 2.45) is 0 Å². The van der Waals surface area contributed by atoms with Crippen molar-refractivity contribution >= 4 is 35.4 Å². The Labute approximate surface area is 171 Å². The molecule has 1 aliphatic rings. The predicted molar refractivity (Wildman–Crippen MR) is 107 cm³/mol. The zero-order valence-electron chi connectivity index (χ0n) is 15.9. The highest BCUT2D eigenvalue weighted by atomic mass is 32.2. The van der Waals surface area contributed by atoms with Gasteiger partial charge in [0.2, 0.25) is 5.91 Å². The summed E-state index contributed by atoms with van der Waals surface area (Å²) in [6, 6.07) is 6.86. The number of aromatic nitrogens is 3. The van der Waals surface area contributed by atoms with E-state index in [4.69, 9.17) is 4.74 Å². The Morgan fingerprint density at radius 1 is 1.38 bits per heavy atom. The van der Waals surface area contributed by atoms with E-state index in [0.29, 0.717) is 27.9 Å². The van der Waals surface area contributed by atoms with Crippen LogP contribution in [-0.4, -0.2) is 51.6 Å². The summed E-state index contributed by atoms with van der Waals surface area (Å²) < 4.78 is 6.81. The van der Waals surface area contributed by atoms with Crippen LogP contribution >= 0.6 is 11.8 Å². The average Bonchev–Trinajstić information content (AvgIpc) is 3.15. The number of urea groups is 1. The second-order valence-electron chi connectivity index (χ2n) is 5.99. The highest BCUT2D eigenvalue weighted by Crippen LogP contribution is 2.24. The summed E-state index contributed by atoms with van der Waals surface area (Å²) in [5.41, 5.74) is 2.26. The quantitative estimate of drug-likeness (QED) is 0.460. The minimum atomic E-state index is -0.472. The molecule has 3 amide bonds. The summed E-state index contributed by atoms with van der Waals surface area (Å²) in [5, 5.41) is 16.6. The first-order valence-corrected chi connectivity index (χ1v) is 9.81. The third-order valence-corrected chi connectivity index (χ3v) is 4.85. The number of nitrogens with one attached hydrogen (secondary N) is 3. The SMILES string of the molecule is CCOC(=O)C1=C(CSc2nncn2-c2cccc(NC(C)=O)c2)NC(=O)NC1. The molecule has 1 aromatic carbocycles. The van der Waals surface area contributed by atoms with Crippen molar-refractivity contribution in [1.82, 2.24) is 25.4 Å². The van der Waals surface area contributed by atoms with Crippen LogP contribution < -0.4 is 16.0 Å². The van der Waals surface area contributed by atoms with E-state index in [9.17, 15) is 14.4 Å². The standard InChI is InChI=1S/C18H20N6O4S/c1-3-28-16(26)14-8-19-17(27)22-15(14)9-29-18-23-20-10-24(18)13-6-4-5-12(7-13)21-11(2)25/h4-7,10H,3,8-9H2,1-2H3,(H,21,25)(H2,19,22,27). The van der Waals surface area contributed by atoms with Crippen molar-refractivity contribution in [3.05, 3.63) is 41.9 Å². The number of ether oxygens (including phenoxy) is 1. The van der Waals surface area contributed by atoms with Gasteiger partial charge in [0, 0.05) is 24.1 Å². The Hall–Kier alpha value is -3.34. The lowest BCUT2D eigenvalue weighted by molar-refractivity contribution is -0.138. The number of carbonyl (C=O) groups is 3. The largest absolute Gasteiger partial charge is 0.463 e. The fourth-order valence-corrected chi connectivity index (χ4v) is 3.56. The fourth-order valence-electron chi connectivity index (χ4n) is 2.64. The molecule has 2 aromatic rings. The van der Waals surface area contributed by atoms with Gasteiger partial charge in [0.25, 0.3) is 0 Å². The summed E-state index contributed by atoms with van der Waals surface area (Å²) in [5.74, 6) is -0.341. The molecule has 0 fully saturated rings. The van der Waals surface area contributed by atoms with Crippen LogP contribution in [0.3, 0.4) is 0 Å². The first-order valence-electron chi connectivity index (χ1n) is 8.82. The highest BCUT2D eigenvalue weighted by molar-refractivity contribution is 7.99. The molecule has 0 atom stereocenters. The van der Waals surface area contributed by atoms with Crippen LogP contribution in [0.15, 0.2) is 47.0 Å². The smallest absolute Gasteiger partial charge is 0.337 e. The highest BCUT2D eigenvalue weighted by Gasteiger charge is 2.24. The molecule has 29 heavy (non-hydrogen) atoms. The molecule has 152 valence electrons. The Morgan fingerprint density at radius 2 is 2.21 bits per heavy atom. The van der Waals surface area contributed by atoms with Gasteiger partial charge in [0.05, 0.1) is 24.4 Å². The molecule has 0 bridgehead atoms. The van der Waals surface area contributed by atoms with Crippen molar-refractivity contribution in [2.45, 2.75) is 19.0 Å². The van der Waals surface area contributed by atoms with Gasteiger partial charge in [-0.2, -0.15) is 0 Å². The number of carbonyl (C=O) groups excluding carboxylic acids is 3. The average molecular weight is 416 g/mol. The van der Waals surface area contributed by atoms with Crippen molar-refractivity contribution < 1.29 is 19.1 Å². The molecule has 1 aromatic heterocycles. The normalized spacial score (nSPS) is 13.5. The lowest BCUT2D eigenvalue weighted by Gasteiger charge is -2.21. The van der Waals surface area contributed by atoms with Gasteiger partial charge in [-0.05, 0) is 25.1 Å².